The Morgan fingerprint density at radius 1 is 1.38 bits per heavy atom. The van der Waals surface area contributed by atoms with E-state index in [1.807, 2.05) is 26.0 Å². The van der Waals surface area contributed by atoms with Crippen molar-refractivity contribution in [1.82, 2.24) is 19.7 Å². The molecular formula is C10H13N5O. The molecule has 0 amide bonds. The summed E-state index contributed by atoms with van der Waals surface area (Å²) in [7, 11) is 0. The average Bonchev–Trinajstić information content (AvgIpc) is 2.83. The Morgan fingerprint density at radius 3 is 2.69 bits per heavy atom. The maximum Gasteiger partial charge on any atom is 0.155 e. The van der Waals surface area contributed by atoms with Crippen LogP contribution in [0.15, 0.2) is 31.0 Å². The molecule has 2 aromatic rings. The lowest BCUT2D eigenvalue weighted by Crippen LogP contribution is -2.25. The Balaban J connectivity index is 2.30. The summed E-state index contributed by atoms with van der Waals surface area (Å²) >= 11 is 0. The van der Waals surface area contributed by atoms with Crippen LogP contribution in [0.25, 0.3) is 5.82 Å². The molecule has 16 heavy (non-hydrogen) atoms. The molecule has 2 N–H and O–H groups in total. The number of nitrogens with two attached hydrogens (primary N) is 1. The van der Waals surface area contributed by atoms with E-state index >= 15 is 0 Å². The van der Waals surface area contributed by atoms with E-state index in [1.54, 1.807) is 17.2 Å². The van der Waals surface area contributed by atoms with Gasteiger partial charge in [-0.15, -0.1) is 0 Å². The Hall–Kier alpha value is -1.79. The Morgan fingerprint density at radius 2 is 2.19 bits per heavy atom. The van der Waals surface area contributed by atoms with Gasteiger partial charge >= 0.3 is 0 Å². The highest BCUT2D eigenvalue weighted by atomic mass is 16.6. The summed E-state index contributed by atoms with van der Waals surface area (Å²) in [5, 5.41) is 3.99. The molecule has 0 aromatic carbocycles. The molecule has 84 valence electrons. The predicted molar refractivity (Wildman–Crippen MR) is 57.5 cm³/mol. The molecule has 6 nitrogen and oxygen atoms in total. The SMILES string of the molecule is CC(C)(ON)c1ccc(-n2cncn2)nc1. The number of nitrogens with zero attached hydrogens (tertiary/aromatic N) is 4. The fourth-order valence-electron chi connectivity index (χ4n) is 1.27. The average molecular weight is 219 g/mol. The van der Waals surface area contributed by atoms with Crippen LogP contribution in [0.3, 0.4) is 0 Å². The highest BCUT2D eigenvalue weighted by molar-refractivity contribution is 5.26. The van der Waals surface area contributed by atoms with Gasteiger partial charge in [0, 0.05) is 11.8 Å². The lowest BCUT2D eigenvalue weighted by molar-refractivity contribution is -0.0238. The van der Waals surface area contributed by atoms with Crippen LogP contribution in [0, 0.1) is 0 Å². The highest BCUT2D eigenvalue weighted by Gasteiger charge is 2.20. The zero-order valence-corrected chi connectivity index (χ0v) is 9.16. The number of pyridine rings is 1. The molecule has 0 spiro atoms. The van der Waals surface area contributed by atoms with E-state index in [-0.39, 0.29) is 0 Å². The summed E-state index contributed by atoms with van der Waals surface area (Å²) in [6.07, 6.45) is 4.76. The van der Waals surface area contributed by atoms with E-state index in [0.717, 1.165) is 5.56 Å². The van der Waals surface area contributed by atoms with Crippen LogP contribution >= 0.6 is 0 Å². The summed E-state index contributed by atoms with van der Waals surface area (Å²) in [6.45, 7) is 3.75. The first-order chi connectivity index (χ1) is 7.63. The fourth-order valence-corrected chi connectivity index (χ4v) is 1.27. The van der Waals surface area contributed by atoms with E-state index in [0.29, 0.717) is 5.82 Å². The number of hydrogen-bond acceptors (Lipinski definition) is 5. The van der Waals surface area contributed by atoms with Gasteiger partial charge in [-0.25, -0.2) is 20.5 Å². The van der Waals surface area contributed by atoms with Crippen molar-refractivity contribution >= 4 is 0 Å². The van der Waals surface area contributed by atoms with Gasteiger partial charge in [0.25, 0.3) is 0 Å². The molecule has 0 unspecified atom stereocenters. The maximum absolute atomic E-state index is 5.22. The van der Waals surface area contributed by atoms with Crippen LogP contribution in [0.1, 0.15) is 19.4 Å². The summed E-state index contributed by atoms with van der Waals surface area (Å²) in [5.41, 5.74) is 0.354. The molecule has 0 aliphatic heterocycles. The van der Waals surface area contributed by atoms with Gasteiger partial charge in [-0.1, -0.05) is 6.07 Å². The normalized spacial score (nSPS) is 11.7. The van der Waals surface area contributed by atoms with Gasteiger partial charge in [-0.05, 0) is 19.9 Å². The van der Waals surface area contributed by atoms with Gasteiger partial charge in [0.15, 0.2) is 5.82 Å². The summed E-state index contributed by atoms with van der Waals surface area (Å²) < 4.78 is 1.58. The summed E-state index contributed by atoms with van der Waals surface area (Å²) in [5.74, 6) is 5.92. The topological polar surface area (TPSA) is 78.9 Å². The first-order valence-corrected chi connectivity index (χ1v) is 4.83. The van der Waals surface area contributed by atoms with Crippen LogP contribution < -0.4 is 5.90 Å². The molecule has 0 fully saturated rings. The molecule has 2 rings (SSSR count). The molecule has 6 heteroatoms. The molecule has 0 saturated carbocycles. The van der Waals surface area contributed by atoms with Crippen molar-refractivity contribution in [2.45, 2.75) is 19.4 Å². The van der Waals surface area contributed by atoms with Gasteiger partial charge in [0.2, 0.25) is 0 Å². The molecule has 2 aromatic heterocycles. The van der Waals surface area contributed by atoms with Crippen LogP contribution in [0.4, 0.5) is 0 Å². The highest BCUT2D eigenvalue weighted by Crippen LogP contribution is 2.22. The number of aromatic nitrogens is 4. The number of rotatable bonds is 3. The van der Waals surface area contributed by atoms with Crippen molar-refractivity contribution in [3.05, 3.63) is 36.5 Å². The first kappa shape index (κ1) is 10.7. The van der Waals surface area contributed by atoms with Crippen LogP contribution in [-0.4, -0.2) is 19.7 Å². The van der Waals surface area contributed by atoms with Gasteiger partial charge in [-0.2, -0.15) is 5.10 Å². The van der Waals surface area contributed by atoms with Crippen molar-refractivity contribution in [2.75, 3.05) is 0 Å². The van der Waals surface area contributed by atoms with Crippen LogP contribution in [0.5, 0.6) is 0 Å². The van der Waals surface area contributed by atoms with Crippen molar-refractivity contribution < 1.29 is 4.84 Å². The van der Waals surface area contributed by atoms with Gasteiger partial charge in [0.05, 0.1) is 0 Å². The van der Waals surface area contributed by atoms with E-state index in [9.17, 15) is 0 Å². The maximum atomic E-state index is 5.22. The summed E-state index contributed by atoms with van der Waals surface area (Å²) in [6, 6.07) is 3.74. The Bertz CT molecular complexity index is 449. The largest absolute Gasteiger partial charge is 0.294 e. The quantitative estimate of drug-likeness (QED) is 0.772. The molecule has 2 heterocycles. The molecule has 0 atom stereocenters. The molecule has 0 aliphatic rings. The first-order valence-electron chi connectivity index (χ1n) is 4.83. The third-order valence-corrected chi connectivity index (χ3v) is 2.39. The van der Waals surface area contributed by atoms with Gasteiger partial charge in [0.1, 0.15) is 18.3 Å². The van der Waals surface area contributed by atoms with Crippen LogP contribution in [-0.2, 0) is 10.4 Å². The smallest absolute Gasteiger partial charge is 0.155 e. The third-order valence-electron chi connectivity index (χ3n) is 2.39. The zero-order chi connectivity index (χ0) is 11.6. The third kappa shape index (κ3) is 1.93. The van der Waals surface area contributed by atoms with Gasteiger partial charge in [-0.3, -0.25) is 4.84 Å². The van der Waals surface area contributed by atoms with Crippen LogP contribution in [0.2, 0.25) is 0 Å². The van der Waals surface area contributed by atoms with E-state index in [4.69, 9.17) is 10.7 Å². The van der Waals surface area contributed by atoms with Crippen molar-refractivity contribution in [2.24, 2.45) is 5.90 Å². The lowest BCUT2D eigenvalue weighted by atomic mass is 10.0. The second-order valence-corrected chi connectivity index (χ2v) is 3.87. The monoisotopic (exact) mass is 219 g/mol. The molecule has 0 aliphatic carbocycles. The minimum atomic E-state index is -0.548. The number of hydrogen-bond donors (Lipinski definition) is 1. The van der Waals surface area contributed by atoms with E-state index in [2.05, 4.69) is 15.1 Å². The minimum absolute atomic E-state index is 0.548. The molecule has 0 radical (unpaired) electrons. The minimum Gasteiger partial charge on any atom is -0.294 e. The predicted octanol–water partition coefficient (Wildman–Crippen LogP) is 0.788. The fraction of sp³-hybridized carbons (Fsp3) is 0.300. The summed E-state index contributed by atoms with van der Waals surface area (Å²) in [4.78, 5) is 13.0. The van der Waals surface area contributed by atoms with Crippen molar-refractivity contribution in [3.8, 4) is 5.82 Å². The van der Waals surface area contributed by atoms with Crippen molar-refractivity contribution in [1.29, 1.82) is 0 Å². The molecule has 0 saturated heterocycles. The van der Waals surface area contributed by atoms with Crippen molar-refractivity contribution in [3.63, 3.8) is 0 Å². The standard InChI is InChI=1S/C10H13N5O/c1-10(2,16-11)8-3-4-9(13-5-8)15-7-12-6-14-15/h3-7H,11H2,1-2H3. The lowest BCUT2D eigenvalue weighted by Gasteiger charge is -2.21. The zero-order valence-electron chi connectivity index (χ0n) is 9.16. The second kappa shape index (κ2) is 3.99. The molecular weight excluding hydrogens is 206 g/mol. The second-order valence-electron chi connectivity index (χ2n) is 3.87. The Kier molecular flexibility index (Phi) is 2.67. The van der Waals surface area contributed by atoms with E-state index < -0.39 is 5.60 Å². The molecule has 0 bridgehead atoms. The van der Waals surface area contributed by atoms with Gasteiger partial charge < -0.3 is 0 Å². The Labute approximate surface area is 93.0 Å². The van der Waals surface area contributed by atoms with E-state index in [1.165, 1.54) is 6.33 Å².